The lowest BCUT2D eigenvalue weighted by atomic mass is 10.0. The number of carbonyl (C=O) groups excluding carboxylic acids is 2. The van der Waals surface area contributed by atoms with Crippen LogP contribution in [0.1, 0.15) is 46.5 Å². The van der Waals surface area contributed by atoms with Gasteiger partial charge in [-0.25, -0.2) is 14.6 Å². The number of para-hydroxylation sites is 2. The van der Waals surface area contributed by atoms with E-state index in [2.05, 4.69) is 25.5 Å². The van der Waals surface area contributed by atoms with Gasteiger partial charge in [0, 0.05) is 25.7 Å². The standard InChI is InChI=1S/C22H33N5O3/c1-22(2,3)30-21(29)24-14-16-8-6-10-17(16)26-20(28)23-12-7-13-27-15-25-18-9-4-5-11-19(18)27/h4-5,9,11,15-17H,6-8,10,12-14H2,1-3H3,(H,24,29)(H2,23,26,28). The monoisotopic (exact) mass is 415 g/mol. The first-order chi connectivity index (χ1) is 14.3. The van der Waals surface area contributed by atoms with Crippen LogP contribution in [0.15, 0.2) is 30.6 Å². The van der Waals surface area contributed by atoms with E-state index in [1.807, 2.05) is 51.4 Å². The predicted molar refractivity (Wildman–Crippen MR) is 116 cm³/mol. The van der Waals surface area contributed by atoms with Crippen molar-refractivity contribution in [3.05, 3.63) is 30.6 Å². The molecule has 8 nitrogen and oxygen atoms in total. The Morgan fingerprint density at radius 3 is 2.80 bits per heavy atom. The normalized spacial score (nSPS) is 18.9. The summed E-state index contributed by atoms with van der Waals surface area (Å²) in [7, 11) is 0. The van der Waals surface area contributed by atoms with E-state index in [0.717, 1.165) is 43.3 Å². The van der Waals surface area contributed by atoms with Gasteiger partial charge in [-0.15, -0.1) is 0 Å². The second-order valence-electron chi connectivity index (χ2n) is 8.86. The molecule has 8 heteroatoms. The molecule has 1 aliphatic carbocycles. The Morgan fingerprint density at radius 2 is 2.00 bits per heavy atom. The molecule has 1 heterocycles. The fraction of sp³-hybridized carbons (Fsp3) is 0.591. The molecule has 164 valence electrons. The molecule has 2 aromatic rings. The fourth-order valence-corrected chi connectivity index (χ4v) is 3.86. The number of rotatable bonds is 7. The van der Waals surface area contributed by atoms with Crippen molar-refractivity contribution in [2.24, 2.45) is 5.92 Å². The number of hydrogen-bond acceptors (Lipinski definition) is 4. The third-order valence-electron chi connectivity index (χ3n) is 5.27. The largest absolute Gasteiger partial charge is 0.444 e. The highest BCUT2D eigenvalue weighted by atomic mass is 16.6. The van der Waals surface area contributed by atoms with Gasteiger partial charge >= 0.3 is 12.1 Å². The summed E-state index contributed by atoms with van der Waals surface area (Å²) in [6.45, 7) is 7.41. The molecular formula is C22H33N5O3. The number of imidazole rings is 1. The van der Waals surface area contributed by atoms with Gasteiger partial charge in [0.25, 0.3) is 0 Å². The first kappa shape index (κ1) is 21.9. The Hall–Kier alpha value is -2.77. The van der Waals surface area contributed by atoms with Gasteiger partial charge in [0.2, 0.25) is 0 Å². The van der Waals surface area contributed by atoms with Crippen LogP contribution in [-0.2, 0) is 11.3 Å². The minimum atomic E-state index is -0.514. The highest BCUT2D eigenvalue weighted by Crippen LogP contribution is 2.25. The van der Waals surface area contributed by atoms with Crippen molar-refractivity contribution in [2.75, 3.05) is 13.1 Å². The smallest absolute Gasteiger partial charge is 0.407 e. The number of carbonyl (C=O) groups is 2. The summed E-state index contributed by atoms with van der Waals surface area (Å²) in [5.74, 6) is 0.223. The van der Waals surface area contributed by atoms with Gasteiger partial charge in [-0.05, 0) is 58.1 Å². The van der Waals surface area contributed by atoms with Crippen LogP contribution in [0.25, 0.3) is 11.0 Å². The van der Waals surface area contributed by atoms with Crippen LogP contribution in [0.3, 0.4) is 0 Å². The van der Waals surface area contributed by atoms with Crippen LogP contribution in [0.2, 0.25) is 0 Å². The molecule has 1 aromatic heterocycles. The van der Waals surface area contributed by atoms with Crippen LogP contribution < -0.4 is 16.0 Å². The van der Waals surface area contributed by atoms with Crippen molar-refractivity contribution in [3.63, 3.8) is 0 Å². The highest BCUT2D eigenvalue weighted by molar-refractivity contribution is 5.75. The van der Waals surface area contributed by atoms with Crippen LogP contribution in [0, 0.1) is 5.92 Å². The lowest BCUT2D eigenvalue weighted by molar-refractivity contribution is 0.0518. The van der Waals surface area contributed by atoms with Crippen LogP contribution in [0.4, 0.5) is 9.59 Å². The molecule has 3 amide bonds. The van der Waals surface area contributed by atoms with Crippen molar-refractivity contribution in [2.45, 2.75) is 64.6 Å². The molecule has 1 aliphatic rings. The summed E-state index contributed by atoms with van der Waals surface area (Å²) < 4.78 is 7.38. The van der Waals surface area contributed by atoms with Gasteiger partial charge in [0.1, 0.15) is 5.60 Å². The number of amides is 3. The molecule has 1 aromatic carbocycles. The molecule has 30 heavy (non-hydrogen) atoms. The van der Waals surface area contributed by atoms with Gasteiger partial charge < -0.3 is 25.3 Å². The Morgan fingerprint density at radius 1 is 1.20 bits per heavy atom. The molecule has 1 fully saturated rings. The highest BCUT2D eigenvalue weighted by Gasteiger charge is 2.29. The summed E-state index contributed by atoms with van der Waals surface area (Å²) >= 11 is 0. The van der Waals surface area contributed by atoms with E-state index < -0.39 is 11.7 Å². The third kappa shape index (κ3) is 6.37. The fourth-order valence-electron chi connectivity index (χ4n) is 3.86. The van der Waals surface area contributed by atoms with E-state index in [1.54, 1.807) is 0 Å². The summed E-state index contributed by atoms with van der Waals surface area (Å²) in [6.07, 6.45) is 5.20. The maximum Gasteiger partial charge on any atom is 0.407 e. The number of fused-ring (bicyclic) bond motifs is 1. The van der Waals surface area contributed by atoms with Gasteiger partial charge in [-0.3, -0.25) is 0 Å². The number of ether oxygens (including phenoxy) is 1. The molecule has 3 rings (SSSR count). The van der Waals surface area contributed by atoms with E-state index in [-0.39, 0.29) is 18.0 Å². The zero-order valence-corrected chi connectivity index (χ0v) is 18.1. The Balaban J connectivity index is 1.36. The molecule has 0 aliphatic heterocycles. The molecule has 1 saturated carbocycles. The van der Waals surface area contributed by atoms with Crippen molar-refractivity contribution >= 4 is 23.2 Å². The van der Waals surface area contributed by atoms with E-state index in [1.165, 1.54) is 0 Å². The van der Waals surface area contributed by atoms with Crippen LogP contribution >= 0.6 is 0 Å². The number of alkyl carbamates (subject to hydrolysis) is 1. The molecule has 2 atom stereocenters. The maximum absolute atomic E-state index is 12.3. The van der Waals surface area contributed by atoms with E-state index in [0.29, 0.717) is 13.1 Å². The Bertz CT molecular complexity index is 858. The number of nitrogens with zero attached hydrogens (tertiary/aromatic N) is 2. The summed E-state index contributed by atoms with van der Waals surface area (Å²) in [6, 6.07) is 7.94. The van der Waals surface area contributed by atoms with Crippen molar-refractivity contribution < 1.29 is 14.3 Å². The second kappa shape index (κ2) is 9.82. The van der Waals surface area contributed by atoms with Crippen molar-refractivity contribution in [1.29, 1.82) is 0 Å². The van der Waals surface area contributed by atoms with E-state index >= 15 is 0 Å². The molecule has 0 saturated heterocycles. The quantitative estimate of drug-likeness (QED) is 0.604. The van der Waals surface area contributed by atoms with E-state index in [9.17, 15) is 9.59 Å². The number of nitrogens with one attached hydrogen (secondary N) is 3. The SMILES string of the molecule is CC(C)(C)OC(=O)NCC1CCCC1NC(=O)NCCCn1cnc2ccccc21. The predicted octanol–water partition coefficient (Wildman–Crippen LogP) is 3.42. The van der Waals surface area contributed by atoms with Crippen LogP contribution in [0.5, 0.6) is 0 Å². The molecular weight excluding hydrogens is 382 g/mol. The van der Waals surface area contributed by atoms with Gasteiger partial charge in [0.05, 0.1) is 17.4 Å². The topological polar surface area (TPSA) is 97.3 Å². The first-order valence-corrected chi connectivity index (χ1v) is 10.7. The lowest BCUT2D eigenvalue weighted by Gasteiger charge is -2.23. The summed E-state index contributed by atoms with van der Waals surface area (Å²) in [4.78, 5) is 28.5. The number of aryl methyl sites for hydroxylation is 1. The summed E-state index contributed by atoms with van der Waals surface area (Å²) in [5.41, 5.74) is 1.57. The minimum absolute atomic E-state index is 0.0672. The Labute approximate surface area is 177 Å². The number of hydrogen-bond donors (Lipinski definition) is 3. The zero-order chi connectivity index (χ0) is 21.6. The minimum Gasteiger partial charge on any atom is -0.444 e. The second-order valence-corrected chi connectivity index (χ2v) is 8.86. The van der Waals surface area contributed by atoms with Crippen molar-refractivity contribution in [1.82, 2.24) is 25.5 Å². The summed E-state index contributed by atoms with van der Waals surface area (Å²) in [5, 5.41) is 8.83. The van der Waals surface area contributed by atoms with Crippen LogP contribution in [-0.4, -0.2) is 46.4 Å². The maximum atomic E-state index is 12.3. The molecule has 2 unspecified atom stereocenters. The molecule has 0 radical (unpaired) electrons. The number of aromatic nitrogens is 2. The third-order valence-corrected chi connectivity index (χ3v) is 5.27. The Kier molecular flexibility index (Phi) is 7.18. The average molecular weight is 416 g/mol. The van der Waals surface area contributed by atoms with Crippen molar-refractivity contribution in [3.8, 4) is 0 Å². The molecule has 0 spiro atoms. The average Bonchev–Trinajstić information content (AvgIpc) is 3.29. The van der Waals surface area contributed by atoms with Gasteiger partial charge in [-0.2, -0.15) is 0 Å². The number of benzene rings is 1. The lowest BCUT2D eigenvalue weighted by Crippen LogP contribution is -2.46. The number of urea groups is 1. The molecule has 3 N–H and O–H groups in total. The van der Waals surface area contributed by atoms with Gasteiger partial charge in [-0.1, -0.05) is 18.6 Å². The van der Waals surface area contributed by atoms with Gasteiger partial charge in [0.15, 0.2) is 0 Å². The van der Waals surface area contributed by atoms with E-state index in [4.69, 9.17) is 4.74 Å². The zero-order valence-electron chi connectivity index (χ0n) is 18.1. The molecule has 0 bridgehead atoms. The first-order valence-electron chi connectivity index (χ1n) is 10.7.